The fraction of sp³-hybridized carbons (Fsp3) is 0.200. The lowest BCUT2D eigenvalue weighted by atomic mass is 10.1. The minimum atomic E-state index is -0.526. The number of anilines is 1. The minimum Gasteiger partial charge on any atom is -0.465 e. The lowest BCUT2D eigenvalue weighted by Crippen LogP contribution is -2.24. The molecule has 0 spiro atoms. The van der Waals surface area contributed by atoms with Crippen LogP contribution in [0.5, 0.6) is 0 Å². The van der Waals surface area contributed by atoms with Gasteiger partial charge in [0.25, 0.3) is 0 Å². The van der Waals surface area contributed by atoms with Gasteiger partial charge < -0.3 is 20.5 Å². The molecule has 0 aliphatic heterocycles. The molecule has 0 unspecified atom stereocenters. The maximum atomic E-state index is 11.7. The Balaban J connectivity index is 1.80. The van der Waals surface area contributed by atoms with Crippen molar-refractivity contribution in [3.05, 3.63) is 70.3 Å². The third-order valence-corrected chi connectivity index (χ3v) is 3.99. The SMILES string of the molecule is COC(=O)c1cc(C=CCCNC(=O)OCc2ccccc2)c(Cl)cc1N. The highest BCUT2D eigenvalue weighted by Gasteiger charge is 2.12. The summed E-state index contributed by atoms with van der Waals surface area (Å²) in [5.41, 5.74) is 7.85. The monoisotopic (exact) mass is 388 g/mol. The molecule has 3 N–H and O–H groups in total. The number of alkyl carbamates (subject to hydrolysis) is 1. The van der Waals surface area contributed by atoms with Gasteiger partial charge in [-0.05, 0) is 29.7 Å². The molecule has 0 aliphatic rings. The summed E-state index contributed by atoms with van der Waals surface area (Å²) in [6.45, 7) is 0.625. The van der Waals surface area contributed by atoms with Crippen LogP contribution in [-0.2, 0) is 16.1 Å². The summed E-state index contributed by atoms with van der Waals surface area (Å²) < 4.78 is 9.81. The highest BCUT2D eigenvalue weighted by molar-refractivity contribution is 6.32. The van der Waals surface area contributed by atoms with Crippen molar-refractivity contribution in [1.29, 1.82) is 0 Å². The highest BCUT2D eigenvalue weighted by Crippen LogP contribution is 2.25. The van der Waals surface area contributed by atoms with Crippen LogP contribution in [0.25, 0.3) is 6.08 Å². The fourth-order valence-electron chi connectivity index (χ4n) is 2.26. The van der Waals surface area contributed by atoms with Crippen LogP contribution in [0.3, 0.4) is 0 Å². The molecular formula is C20H21ClN2O4. The summed E-state index contributed by atoms with van der Waals surface area (Å²) in [6.07, 6.45) is 3.67. The van der Waals surface area contributed by atoms with Crippen molar-refractivity contribution in [3.63, 3.8) is 0 Å². The number of methoxy groups -OCH3 is 1. The van der Waals surface area contributed by atoms with Crippen molar-refractivity contribution in [2.75, 3.05) is 19.4 Å². The molecule has 1 amide bonds. The van der Waals surface area contributed by atoms with Crippen molar-refractivity contribution in [3.8, 4) is 0 Å². The number of carbonyl (C=O) groups is 2. The van der Waals surface area contributed by atoms with E-state index < -0.39 is 12.1 Å². The number of nitrogens with one attached hydrogen (secondary N) is 1. The fourth-order valence-corrected chi connectivity index (χ4v) is 2.50. The number of halogens is 1. The molecule has 0 saturated heterocycles. The Morgan fingerprint density at radius 1 is 1.22 bits per heavy atom. The second-order valence-corrected chi connectivity index (χ2v) is 6.04. The zero-order chi connectivity index (χ0) is 19.6. The van der Waals surface area contributed by atoms with E-state index in [2.05, 4.69) is 10.1 Å². The molecule has 27 heavy (non-hydrogen) atoms. The molecule has 2 aromatic carbocycles. The summed E-state index contributed by atoms with van der Waals surface area (Å²) >= 11 is 6.14. The van der Waals surface area contributed by atoms with E-state index in [0.717, 1.165) is 5.56 Å². The number of nitrogen functional groups attached to an aromatic ring is 1. The first kappa shape index (κ1) is 20.3. The Morgan fingerprint density at radius 2 is 1.96 bits per heavy atom. The van der Waals surface area contributed by atoms with Gasteiger partial charge in [0.1, 0.15) is 6.61 Å². The van der Waals surface area contributed by atoms with Gasteiger partial charge in [-0.1, -0.05) is 54.1 Å². The summed E-state index contributed by atoms with van der Waals surface area (Å²) in [4.78, 5) is 23.3. The number of amides is 1. The van der Waals surface area contributed by atoms with E-state index in [4.69, 9.17) is 22.1 Å². The Morgan fingerprint density at radius 3 is 2.67 bits per heavy atom. The van der Waals surface area contributed by atoms with E-state index in [1.54, 1.807) is 12.1 Å². The number of hydrogen-bond acceptors (Lipinski definition) is 5. The highest BCUT2D eigenvalue weighted by atomic mass is 35.5. The van der Waals surface area contributed by atoms with Gasteiger partial charge >= 0.3 is 12.1 Å². The molecule has 0 fully saturated rings. The maximum Gasteiger partial charge on any atom is 0.407 e. The predicted octanol–water partition coefficient (Wildman–Crippen LogP) is 4.04. The molecule has 0 aromatic heterocycles. The van der Waals surface area contributed by atoms with Crippen LogP contribution >= 0.6 is 11.6 Å². The van der Waals surface area contributed by atoms with E-state index >= 15 is 0 Å². The summed E-state index contributed by atoms with van der Waals surface area (Å²) in [6, 6.07) is 12.5. The zero-order valence-electron chi connectivity index (χ0n) is 14.9. The summed E-state index contributed by atoms with van der Waals surface area (Å²) in [5, 5.41) is 3.08. The van der Waals surface area contributed by atoms with Gasteiger partial charge in [0.05, 0.1) is 12.7 Å². The van der Waals surface area contributed by atoms with E-state index in [-0.39, 0.29) is 17.9 Å². The van der Waals surface area contributed by atoms with Crippen LogP contribution in [0, 0.1) is 0 Å². The average Bonchev–Trinajstić information content (AvgIpc) is 2.67. The molecule has 2 rings (SSSR count). The van der Waals surface area contributed by atoms with Crippen LogP contribution in [0.15, 0.2) is 48.5 Å². The van der Waals surface area contributed by atoms with Crippen LogP contribution in [0.1, 0.15) is 27.9 Å². The van der Waals surface area contributed by atoms with Crippen LogP contribution in [0.2, 0.25) is 5.02 Å². The molecule has 0 bridgehead atoms. The predicted molar refractivity (Wildman–Crippen MR) is 105 cm³/mol. The molecule has 0 saturated carbocycles. The maximum absolute atomic E-state index is 11.7. The topological polar surface area (TPSA) is 90.6 Å². The zero-order valence-corrected chi connectivity index (χ0v) is 15.7. The Hall–Kier alpha value is -2.99. The van der Waals surface area contributed by atoms with E-state index in [1.807, 2.05) is 36.4 Å². The number of esters is 1. The Bertz CT molecular complexity index is 822. The Labute approximate surface area is 162 Å². The summed E-state index contributed by atoms with van der Waals surface area (Å²) in [7, 11) is 1.29. The van der Waals surface area contributed by atoms with Gasteiger partial charge in [0, 0.05) is 17.3 Å². The Kier molecular flexibility index (Phi) is 7.70. The molecule has 6 nitrogen and oxygen atoms in total. The number of carbonyl (C=O) groups excluding carboxylic acids is 2. The lowest BCUT2D eigenvalue weighted by molar-refractivity contribution is 0.0602. The number of ether oxygens (including phenoxy) is 2. The van der Waals surface area contributed by atoms with E-state index in [0.29, 0.717) is 23.6 Å². The van der Waals surface area contributed by atoms with Gasteiger partial charge in [-0.25, -0.2) is 9.59 Å². The van der Waals surface area contributed by atoms with Crippen LogP contribution in [0.4, 0.5) is 10.5 Å². The molecule has 0 aliphatic carbocycles. The van der Waals surface area contributed by atoms with Crippen LogP contribution < -0.4 is 11.1 Å². The average molecular weight is 389 g/mol. The van der Waals surface area contributed by atoms with Crippen molar-refractivity contribution >= 4 is 35.4 Å². The third kappa shape index (κ3) is 6.34. The van der Waals surface area contributed by atoms with Crippen molar-refractivity contribution < 1.29 is 19.1 Å². The standard InChI is InChI=1S/C20H21ClN2O4/c1-26-19(24)16-11-15(17(21)12-18(16)22)9-5-6-10-23-20(25)27-13-14-7-3-2-4-8-14/h2-5,7-9,11-12H,6,10,13,22H2,1H3,(H,23,25). The van der Waals surface area contributed by atoms with Gasteiger partial charge in [-0.15, -0.1) is 0 Å². The first-order valence-electron chi connectivity index (χ1n) is 8.29. The van der Waals surface area contributed by atoms with Crippen LogP contribution in [-0.4, -0.2) is 25.7 Å². The summed E-state index contributed by atoms with van der Waals surface area (Å²) in [5.74, 6) is -0.526. The van der Waals surface area contributed by atoms with E-state index in [1.165, 1.54) is 13.2 Å². The minimum absolute atomic E-state index is 0.222. The molecular weight excluding hydrogens is 368 g/mol. The van der Waals surface area contributed by atoms with Gasteiger partial charge in [0.15, 0.2) is 0 Å². The number of rotatable bonds is 7. The lowest BCUT2D eigenvalue weighted by Gasteiger charge is -2.07. The largest absolute Gasteiger partial charge is 0.465 e. The van der Waals surface area contributed by atoms with Crippen molar-refractivity contribution in [2.24, 2.45) is 0 Å². The van der Waals surface area contributed by atoms with Crippen molar-refractivity contribution in [1.82, 2.24) is 5.32 Å². The second-order valence-electron chi connectivity index (χ2n) is 5.63. The molecule has 7 heteroatoms. The molecule has 142 valence electrons. The molecule has 2 aromatic rings. The van der Waals surface area contributed by atoms with E-state index in [9.17, 15) is 9.59 Å². The first-order chi connectivity index (χ1) is 13.0. The quantitative estimate of drug-likeness (QED) is 0.424. The molecule has 0 radical (unpaired) electrons. The number of nitrogens with two attached hydrogens (primary N) is 1. The molecule has 0 heterocycles. The van der Waals surface area contributed by atoms with Gasteiger partial charge in [-0.2, -0.15) is 0 Å². The van der Waals surface area contributed by atoms with Gasteiger partial charge in [0.2, 0.25) is 0 Å². The third-order valence-electron chi connectivity index (χ3n) is 3.66. The van der Waals surface area contributed by atoms with Crippen molar-refractivity contribution in [2.45, 2.75) is 13.0 Å². The van der Waals surface area contributed by atoms with Gasteiger partial charge in [-0.3, -0.25) is 0 Å². The first-order valence-corrected chi connectivity index (χ1v) is 8.67. The normalized spacial score (nSPS) is 10.6. The second kappa shape index (κ2) is 10.2. The number of hydrogen-bond donors (Lipinski definition) is 2. The molecule has 0 atom stereocenters. The number of benzene rings is 2. The smallest absolute Gasteiger partial charge is 0.407 e.